The molecule has 1 nitrogen and oxygen atoms in total. The molecule has 1 heterocycles. The number of hydrogen-bond acceptors (Lipinski definition) is 2. The van der Waals surface area contributed by atoms with Crippen molar-refractivity contribution in [3.05, 3.63) is 20.8 Å². The molecule has 0 fully saturated rings. The van der Waals surface area contributed by atoms with E-state index in [0.29, 0.717) is 0 Å². The molecule has 76 valence electrons. The molecule has 0 saturated heterocycles. The summed E-state index contributed by atoms with van der Waals surface area (Å²) in [5.74, 6) is 0. The Labute approximate surface area is 98.3 Å². The molecule has 0 aliphatic rings. The number of rotatable bonds is 4. The summed E-state index contributed by atoms with van der Waals surface area (Å²) >= 11 is 5.16. The number of nitrogens with two attached hydrogens (primary N) is 1. The van der Waals surface area contributed by atoms with E-state index >= 15 is 0 Å². The summed E-state index contributed by atoms with van der Waals surface area (Å²) < 4.78 is 1.15. The molecule has 0 amide bonds. The van der Waals surface area contributed by atoms with Gasteiger partial charge in [0.2, 0.25) is 0 Å². The first-order valence-corrected chi connectivity index (χ1v) is 5.90. The van der Waals surface area contributed by atoms with E-state index in [1.165, 1.54) is 17.7 Å². The van der Waals surface area contributed by atoms with Crippen molar-refractivity contribution in [2.24, 2.45) is 5.73 Å². The van der Waals surface area contributed by atoms with Crippen LogP contribution in [0.4, 0.5) is 0 Å². The second kappa shape index (κ2) is 6.82. The topological polar surface area (TPSA) is 26.0 Å². The Balaban J connectivity index is 0.00000144. The Morgan fingerprint density at radius 1 is 1.62 bits per heavy atom. The summed E-state index contributed by atoms with van der Waals surface area (Å²) in [7, 11) is 0. The summed E-state index contributed by atoms with van der Waals surface area (Å²) in [6, 6.07) is 2.35. The molecule has 0 unspecified atom stereocenters. The summed E-state index contributed by atoms with van der Waals surface area (Å²) in [4.78, 5) is 1.29. The fourth-order valence-electron chi connectivity index (χ4n) is 1.09. The van der Waals surface area contributed by atoms with Crippen molar-refractivity contribution in [1.82, 2.24) is 0 Å². The van der Waals surface area contributed by atoms with Crippen LogP contribution in [0.15, 0.2) is 15.9 Å². The minimum Gasteiger partial charge on any atom is -0.323 e. The summed E-state index contributed by atoms with van der Waals surface area (Å²) in [6.07, 6.45) is 3.54. The quantitative estimate of drug-likeness (QED) is 0.884. The summed E-state index contributed by atoms with van der Waals surface area (Å²) in [5.41, 5.74) is 5.98. The zero-order valence-corrected chi connectivity index (χ0v) is 10.8. The minimum atomic E-state index is 0. The average molecular weight is 285 g/mol. The highest BCUT2D eigenvalue weighted by molar-refractivity contribution is 9.10. The first-order valence-electron chi connectivity index (χ1n) is 4.23. The van der Waals surface area contributed by atoms with Crippen LogP contribution in [0.3, 0.4) is 0 Å². The Kier molecular flexibility index (Phi) is 7.05. The molecular formula is C9H15BrClNS. The van der Waals surface area contributed by atoms with Crippen molar-refractivity contribution in [3.8, 4) is 0 Å². The molecule has 0 radical (unpaired) electrons. The molecule has 0 spiro atoms. The van der Waals surface area contributed by atoms with E-state index in [-0.39, 0.29) is 18.4 Å². The lowest BCUT2D eigenvalue weighted by Crippen LogP contribution is -2.07. The van der Waals surface area contributed by atoms with Crippen LogP contribution < -0.4 is 5.73 Å². The van der Waals surface area contributed by atoms with Gasteiger partial charge in [-0.15, -0.1) is 23.7 Å². The largest absolute Gasteiger partial charge is 0.323 e. The van der Waals surface area contributed by atoms with Crippen molar-refractivity contribution in [3.63, 3.8) is 0 Å². The predicted molar refractivity (Wildman–Crippen MR) is 65.7 cm³/mol. The van der Waals surface area contributed by atoms with Gasteiger partial charge in [-0.25, -0.2) is 0 Å². The number of hydrogen-bond donors (Lipinski definition) is 1. The maximum Gasteiger partial charge on any atom is 0.0390 e. The van der Waals surface area contributed by atoms with Crippen LogP contribution >= 0.6 is 39.7 Å². The van der Waals surface area contributed by atoms with Gasteiger partial charge in [-0.1, -0.05) is 19.8 Å². The molecule has 0 aliphatic carbocycles. The normalized spacial score (nSPS) is 12.2. The van der Waals surface area contributed by atoms with Crippen LogP contribution in [0, 0.1) is 0 Å². The monoisotopic (exact) mass is 283 g/mol. The molecule has 1 aromatic rings. The highest BCUT2D eigenvalue weighted by Crippen LogP contribution is 2.26. The molecule has 1 aromatic heterocycles. The van der Waals surface area contributed by atoms with Crippen LogP contribution in [-0.4, -0.2) is 0 Å². The molecule has 4 heteroatoms. The molecule has 0 bridgehead atoms. The zero-order valence-electron chi connectivity index (χ0n) is 7.63. The van der Waals surface area contributed by atoms with Crippen LogP contribution in [0.1, 0.15) is 37.1 Å². The smallest absolute Gasteiger partial charge is 0.0390 e. The maximum absolute atomic E-state index is 5.98. The second-order valence-electron chi connectivity index (χ2n) is 2.92. The fourth-order valence-corrected chi connectivity index (χ4v) is 2.57. The van der Waals surface area contributed by atoms with E-state index in [1.54, 1.807) is 11.3 Å². The van der Waals surface area contributed by atoms with Gasteiger partial charge in [0.05, 0.1) is 0 Å². The van der Waals surface area contributed by atoms with Gasteiger partial charge < -0.3 is 5.73 Å². The van der Waals surface area contributed by atoms with E-state index in [9.17, 15) is 0 Å². The van der Waals surface area contributed by atoms with Crippen molar-refractivity contribution in [1.29, 1.82) is 0 Å². The Morgan fingerprint density at radius 2 is 2.31 bits per heavy atom. The molecule has 2 N–H and O–H groups in total. The summed E-state index contributed by atoms with van der Waals surface area (Å²) in [5, 5.41) is 2.08. The van der Waals surface area contributed by atoms with E-state index < -0.39 is 0 Å². The van der Waals surface area contributed by atoms with Gasteiger partial charge in [-0.2, -0.15) is 0 Å². The predicted octanol–water partition coefficient (Wildman–Crippen LogP) is 4.12. The molecular weight excluding hydrogens is 270 g/mol. The van der Waals surface area contributed by atoms with Gasteiger partial charge in [0.25, 0.3) is 0 Å². The fraction of sp³-hybridized carbons (Fsp3) is 0.556. The van der Waals surface area contributed by atoms with Gasteiger partial charge in [-0.05, 0) is 28.4 Å². The molecule has 0 saturated carbocycles. The van der Waals surface area contributed by atoms with Crippen LogP contribution in [0.2, 0.25) is 0 Å². The first kappa shape index (κ1) is 13.4. The van der Waals surface area contributed by atoms with Gasteiger partial charge in [0.1, 0.15) is 0 Å². The van der Waals surface area contributed by atoms with E-state index in [1.807, 2.05) is 0 Å². The van der Waals surface area contributed by atoms with Gasteiger partial charge in [0, 0.05) is 20.8 Å². The lowest BCUT2D eigenvalue weighted by molar-refractivity contribution is 0.611. The maximum atomic E-state index is 5.98. The highest BCUT2D eigenvalue weighted by Gasteiger charge is 2.06. The van der Waals surface area contributed by atoms with E-state index in [4.69, 9.17) is 5.73 Å². The Bertz CT molecular complexity index is 239. The lowest BCUT2D eigenvalue weighted by Gasteiger charge is -2.07. The Morgan fingerprint density at radius 3 is 2.77 bits per heavy atom. The van der Waals surface area contributed by atoms with Gasteiger partial charge >= 0.3 is 0 Å². The molecule has 1 atom stereocenters. The van der Waals surface area contributed by atoms with Crippen molar-refractivity contribution in [2.45, 2.75) is 32.2 Å². The van der Waals surface area contributed by atoms with Crippen molar-refractivity contribution in [2.75, 3.05) is 0 Å². The third-order valence-corrected chi connectivity index (χ3v) is 3.65. The first-order chi connectivity index (χ1) is 5.74. The molecule has 0 aliphatic heterocycles. The van der Waals surface area contributed by atoms with Gasteiger partial charge in [-0.3, -0.25) is 0 Å². The lowest BCUT2D eigenvalue weighted by atomic mass is 10.1. The van der Waals surface area contributed by atoms with E-state index in [0.717, 1.165) is 10.9 Å². The van der Waals surface area contributed by atoms with Crippen molar-refractivity contribution >= 4 is 39.7 Å². The summed E-state index contributed by atoms with van der Waals surface area (Å²) in [6.45, 7) is 2.19. The highest BCUT2D eigenvalue weighted by atomic mass is 79.9. The molecule has 0 aromatic carbocycles. The van der Waals surface area contributed by atoms with Crippen molar-refractivity contribution < 1.29 is 0 Å². The standard InChI is InChI=1S/C9H14BrNS.ClH/c1-2-3-4-8(11)9-5-7(10)6-12-9;/h5-6,8H,2-4,11H2,1H3;1H/t8-;/m1./s1. The second-order valence-corrected chi connectivity index (χ2v) is 4.77. The zero-order chi connectivity index (χ0) is 8.97. The van der Waals surface area contributed by atoms with Gasteiger partial charge in [0.15, 0.2) is 0 Å². The minimum absolute atomic E-state index is 0. The number of thiophene rings is 1. The number of unbranched alkanes of at least 4 members (excludes halogenated alkanes) is 1. The molecule has 1 rings (SSSR count). The number of halogens is 2. The Hall–Kier alpha value is 0.430. The molecule has 13 heavy (non-hydrogen) atoms. The SMILES string of the molecule is CCCC[C@@H](N)c1cc(Br)cs1.Cl. The van der Waals surface area contributed by atoms with Crippen LogP contribution in [0.25, 0.3) is 0 Å². The van der Waals surface area contributed by atoms with Crippen LogP contribution in [0.5, 0.6) is 0 Å². The third-order valence-electron chi connectivity index (χ3n) is 1.82. The third kappa shape index (κ3) is 4.45. The van der Waals surface area contributed by atoms with Crippen LogP contribution in [-0.2, 0) is 0 Å². The average Bonchev–Trinajstić information content (AvgIpc) is 2.47. The van der Waals surface area contributed by atoms with E-state index in [2.05, 4.69) is 34.3 Å².